The molecule has 2 aromatic rings. The van der Waals surface area contributed by atoms with Crippen molar-refractivity contribution in [3.05, 3.63) is 34.0 Å². The Morgan fingerprint density at radius 2 is 1.93 bits per heavy atom. The monoisotopic (exact) mass is 410 g/mol. The molecule has 2 rings (SSSR count). The number of carbonyl (C=O) groups excluding carboxylic acids is 2. The van der Waals surface area contributed by atoms with E-state index in [1.807, 2.05) is 13.2 Å². The van der Waals surface area contributed by atoms with Crippen LogP contribution in [0.3, 0.4) is 0 Å². The Bertz CT molecular complexity index is 844. The number of hydrogen-bond acceptors (Lipinski definition) is 7. The summed E-state index contributed by atoms with van der Waals surface area (Å²) >= 11 is 6.42. The minimum Gasteiger partial charge on any atom is -0.462 e. The van der Waals surface area contributed by atoms with Crippen LogP contribution in [0.1, 0.15) is 45.0 Å². The van der Waals surface area contributed by atoms with Gasteiger partial charge in [-0.1, -0.05) is 0 Å². The standard InChI is InChI=1S/C17H22N4O4S2/c1-5-24-15(22)12-10(3)13(16(23)25-6-2)27-14(12)20-17(26)18-7-11-8-19-21(4)9-11/h8-9H,5-7H2,1-4H3,(H2,18,20,26). The number of aromatic nitrogens is 2. The van der Waals surface area contributed by atoms with E-state index in [1.54, 1.807) is 31.6 Å². The summed E-state index contributed by atoms with van der Waals surface area (Å²) in [5, 5.41) is 10.9. The lowest BCUT2D eigenvalue weighted by Gasteiger charge is -2.10. The van der Waals surface area contributed by atoms with E-state index < -0.39 is 11.9 Å². The lowest BCUT2D eigenvalue weighted by Crippen LogP contribution is -2.28. The summed E-state index contributed by atoms with van der Waals surface area (Å²) in [5.41, 5.74) is 1.76. The van der Waals surface area contributed by atoms with Crippen LogP contribution in [0.25, 0.3) is 0 Å². The molecule has 0 saturated carbocycles. The third kappa shape index (κ3) is 5.27. The molecule has 0 amide bonds. The van der Waals surface area contributed by atoms with Crippen LogP contribution < -0.4 is 10.6 Å². The number of anilines is 1. The molecular weight excluding hydrogens is 388 g/mol. The molecule has 0 bridgehead atoms. The smallest absolute Gasteiger partial charge is 0.348 e. The second-order valence-corrected chi connectivity index (χ2v) is 6.96. The van der Waals surface area contributed by atoms with Crippen LogP contribution in [0.4, 0.5) is 5.00 Å². The predicted octanol–water partition coefficient (Wildman–Crippen LogP) is 2.63. The highest BCUT2D eigenvalue weighted by Crippen LogP contribution is 2.34. The molecule has 0 atom stereocenters. The van der Waals surface area contributed by atoms with Gasteiger partial charge in [0.15, 0.2) is 5.11 Å². The molecule has 0 aliphatic rings. The number of esters is 2. The average molecular weight is 411 g/mol. The molecule has 0 spiro atoms. The van der Waals surface area contributed by atoms with E-state index >= 15 is 0 Å². The van der Waals surface area contributed by atoms with Crippen molar-refractivity contribution in [2.24, 2.45) is 7.05 Å². The largest absolute Gasteiger partial charge is 0.462 e. The molecular formula is C17H22N4O4S2. The summed E-state index contributed by atoms with van der Waals surface area (Å²) in [6, 6.07) is 0. The number of ether oxygens (including phenoxy) is 2. The maximum atomic E-state index is 12.4. The molecule has 8 nitrogen and oxygen atoms in total. The first-order valence-electron chi connectivity index (χ1n) is 8.37. The van der Waals surface area contributed by atoms with Gasteiger partial charge in [0.05, 0.1) is 25.0 Å². The number of nitrogens with one attached hydrogen (secondary N) is 2. The Balaban J connectivity index is 2.19. The van der Waals surface area contributed by atoms with Crippen molar-refractivity contribution in [2.75, 3.05) is 18.5 Å². The van der Waals surface area contributed by atoms with Gasteiger partial charge in [-0.15, -0.1) is 11.3 Å². The van der Waals surface area contributed by atoms with Gasteiger partial charge in [0, 0.05) is 25.4 Å². The molecule has 0 aliphatic heterocycles. The van der Waals surface area contributed by atoms with Crippen molar-refractivity contribution < 1.29 is 19.1 Å². The lowest BCUT2D eigenvalue weighted by atomic mass is 10.1. The maximum Gasteiger partial charge on any atom is 0.348 e. The first-order valence-corrected chi connectivity index (χ1v) is 9.59. The second-order valence-electron chi connectivity index (χ2n) is 5.53. The molecule has 2 aromatic heterocycles. The summed E-state index contributed by atoms with van der Waals surface area (Å²) in [4.78, 5) is 24.9. The van der Waals surface area contributed by atoms with E-state index in [4.69, 9.17) is 21.7 Å². The minimum atomic E-state index is -0.514. The van der Waals surface area contributed by atoms with E-state index in [-0.39, 0.29) is 18.8 Å². The zero-order chi connectivity index (χ0) is 20.0. The fourth-order valence-corrected chi connectivity index (χ4v) is 3.67. The first kappa shape index (κ1) is 20.8. The van der Waals surface area contributed by atoms with Gasteiger partial charge in [-0.3, -0.25) is 4.68 Å². The van der Waals surface area contributed by atoms with Crippen LogP contribution in [0.15, 0.2) is 12.4 Å². The molecule has 2 heterocycles. The van der Waals surface area contributed by atoms with Crippen LogP contribution in [-0.2, 0) is 23.1 Å². The Kier molecular flexibility index (Phi) is 7.31. The number of thiophene rings is 1. The van der Waals surface area contributed by atoms with Crippen LogP contribution in [0.2, 0.25) is 0 Å². The van der Waals surface area contributed by atoms with Crippen LogP contribution in [0.5, 0.6) is 0 Å². The quantitative estimate of drug-likeness (QED) is 0.531. The van der Waals surface area contributed by atoms with Gasteiger partial charge < -0.3 is 20.1 Å². The minimum absolute atomic E-state index is 0.228. The molecule has 2 N–H and O–H groups in total. The Morgan fingerprint density at radius 1 is 1.26 bits per heavy atom. The van der Waals surface area contributed by atoms with Crippen molar-refractivity contribution in [1.82, 2.24) is 15.1 Å². The Labute approximate surface area is 166 Å². The number of carbonyl (C=O) groups is 2. The molecule has 0 saturated heterocycles. The first-order chi connectivity index (χ1) is 12.9. The average Bonchev–Trinajstić information content (AvgIpc) is 3.16. The molecule has 146 valence electrons. The maximum absolute atomic E-state index is 12.4. The molecule has 0 radical (unpaired) electrons. The normalized spacial score (nSPS) is 10.4. The molecule has 0 aromatic carbocycles. The molecule has 0 aliphatic carbocycles. The van der Waals surface area contributed by atoms with E-state index in [0.717, 1.165) is 16.9 Å². The highest BCUT2D eigenvalue weighted by Gasteiger charge is 2.26. The third-order valence-corrected chi connectivity index (χ3v) is 4.96. The van der Waals surface area contributed by atoms with Crippen molar-refractivity contribution in [2.45, 2.75) is 27.3 Å². The van der Waals surface area contributed by atoms with Gasteiger partial charge in [-0.2, -0.15) is 5.10 Å². The molecule has 0 fully saturated rings. The number of nitrogens with zero attached hydrogens (tertiary/aromatic N) is 2. The third-order valence-electron chi connectivity index (χ3n) is 3.53. The zero-order valence-electron chi connectivity index (χ0n) is 15.6. The van der Waals surface area contributed by atoms with E-state index in [9.17, 15) is 9.59 Å². The van der Waals surface area contributed by atoms with Gasteiger partial charge in [0.1, 0.15) is 9.88 Å². The second kappa shape index (κ2) is 9.47. The van der Waals surface area contributed by atoms with E-state index in [0.29, 0.717) is 27.1 Å². The highest BCUT2D eigenvalue weighted by molar-refractivity contribution is 7.80. The van der Waals surface area contributed by atoms with E-state index in [2.05, 4.69) is 15.7 Å². The number of aryl methyl sites for hydroxylation is 1. The summed E-state index contributed by atoms with van der Waals surface area (Å²) in [6.07, 6.45) is 3.60. The summed E-state index contributed by atoms with van der Waals surface area (Å²) in [5.74, 6) is -0.993. The zero-order valence-corrected chi connectivity index (χ0v) is 17.3. The van der Waals surface area contributed by atoms with Crippen molar-refractivity contribution >= 4 is 45.6 Å². The topological polar surface area (TPSA) is 94.5 Å². The summed E-state index contributed by atoms with van der Waals surface area (Å²) in [6.45, 7) is 6.09. The van der Waals surface area contributed by atoms with Crippen LogP contribution in [-0.4, -0.2) is 40.0 Å². The van der Waals surface area contributed by atoms with Gasteiger partial charge in [0.25, 0.3) is 0 Å². The van der Waals surface area contributed by atoms with Crippen LogP contribution in [0, 0.1) is 6.92 Å². The van der Waals surface area contributed by atoms with E-state index in [1.165, 1.54) is 0 Å². The molecule has 27 heavy (non-hydrogen) atoms. The van der Waals surface area contributed by atoms with Crippen molar-refractivity contribution in [1.29, 1.82) is 0 Å². The SMILES string of the molecule is CCOC(=O)c1sc(NC(=S)NCc2cnn(C)c2)c(C(=O)OCC)c1C. The summed E-state index contributed by atoms with van der Waals surface area (Å²) < 4.78 is 11.9. The molecule has 10 heteroatoms. The fraction of sp³-hybridized carbons (Fsp3) is 0.412. The predicted molar refractivity (Wildman–Crippen MR) is 107 cm³/mol. The van der Waals surface area contributed by atoms with Gasteiger partial charge in [-0.25, -0.2) is 9.59 Å². The highest BCUT2D eigenvalue weighted by atomic mass is 32.1. The molecule has 0 unspecified atom stereocenters. The number of hydrogen-bond donors (Lipinski definition) is 2. The Morgan fingerprint density at radius 3 is 2.52 bits per heavy atom. The summed E-state index contributed by atoms with van der Waals surface area (Å²) in [7, 11) is 1.83. The van der Waals surface area contributed by atoms with Gasteiger partial charge in [0.2, 0.25) is 0 Å². The van der Waals surface area contributed by atoms with Crippen molar-refractivity contribution in [3.8, 4) is 0 Å². The lowest BCUT2D eigenvalue weighted by molar-refractivity contribution is 0.0527. The van der Waals surface area contributed by atoms with Gasteiger partial charge in [-0.05, 0) is 38.6 Å². The Hall–Kier alpha value is -2.46. The fourth-order valence-electron chi connectivity index (χ4n) is 2.33. The van der Waals surface area contributed by atoms with Gasteiger partial charge >= 0.3 is 11.9 Å². The van der Waals surface area contributed by atoms with Crippen molar-refractivity contribution in [3.63, 3.8) is 0 Å². The number of thiocarbonyl (C=S) groups is 1. The number of rotatable bonds is 7. The van der Waals surface area contributed by atoms with Crippen LogP contribution >= 0.6 is 23.6 Å².